The highest BCUT2D eigenvalue weighted by molar-refractivity contribution is 5.80. The Hall–Kier alpha value is -1.84. The Morgan fingerprint density at radius 2 is 1.35 bits per heavy atom. The molecule has 0 radical (unpaired) electrons. The number of hydrogen-bond acceptors (Lipinski definition) is 2. The highest BCUT2D eigenvalue weighted by atomic mass is 16.2. The van der Waals surface area contributed by atoms with E-state index in [-0.39, 0.29) is 23.2 Å². The summed E-state index contributed by atoms with van der Waals surface area (Å²) in [4.78, 5) is 24.7. The van der Waals surface area contributed by atoms with Crippen LogP contribution in [0.2, 0.25) is 0 Å². The molecule has 1 fully saturated rings. The summed E-state index contributed by atoms with van der Waals surface area (Å²) < 4.78 is 3.39. The number of hydrogen-bond donors (Lipinski definition) is 0. The van der Waals surface area contributed by atoms with Crippen LogP contribution < -0.4 is 11.1 Å². The third-order valence-corrected chi connectivity index (χ3v) is 4.11. The van der Waals surface area contributed by atoms with Crippen molar-refractivity contribution in [1.29, 1.82) is 0 Å². The molecule has 0 spiro atoms. The molecule has 2 heterocycles. The molecule has 0 unspecified atom stereocenters. The van der Waals surface area contributed by atoms with Gasteiger partial charge in [-0.25, -0.2) is 9.36 Å². The summed E-state index contributed by atoms with van der Waals surface area (Å²) in [5.41, 5.74) is -0.0141. The van der Waals surface area contributed by atoms with Crippen molar-refractivity contribution in [2.24, 2.45) is 0 Å². The normalized spacial score (nSPS) is 25.4. The number of aromatic nitrogens is 2. The van der Waals surface area contributed by atoms with Crippen LogP contribution in [0.4, 0.5) is 0 Å². The van der Waals surface area contributed by atoms with Crippen molar-refractivity contribution in [3.05, 3.63) is 45.0 Å². The molecule has 0 amide bonds. The van der Waals surface area contributed by atoms with E-state index in [0.717, 1.165) is 19.3 Å². The summed E-state index contributed by atoms with van der Waals surface area (Å²) in [6.07, 6.45) is 3.01. The Labute approximate surface area is 97.1 Å². The van der Waals surface area contributed by atoms with Gasteiger partial charge in [0.25, 0.3) is 11.1 Å². The van der Waals surface area contributed by atoms with Crippen LogP contribution in [0.5, 0.6) is 0 Å². The summed E-state index contributed by atoms with van der Waals surface area (Å²) in [6.45, 7) is 0. The van der Waals surface area contributed by atoms with E-state index in [0.29, 0.717) is 10.8 Å². The molecule has 17 heavy (non-hydrogen) atoms. The Morgan fingerprint density at radius 3 is 1.82 bits per heavy atom. The van der Waals surface area contributed by atoms with Crippen LogP contribution in [0, 0.1) is 0 Å². The first-order valence-electron chi connectivity index (χ1n) is 6.03. The van der Waals surface area contributed by atoms with Gasteiger partial charge in [0.1, 0.15) is 0 Å². The van der Waals surface area contributed by atoms with E-state index in [4.69, 9.17) is 0 Å². The fourth-order valence-electron chi connectivity index (χ4n) is 3.36. The molecule has 4 nitrogen and oxygen atoms in total. The fourth-order valence-corrected chi connectivity index (χ4v) is 3.36. The number of nitrogens with zero attached hydrogens (tertiary/aromatic N) is 2. The van der Waals surface area contributed by atoms with E-state index in [1.165, 1.54) is 0 Å². The second-order valence-electron chi connectivity index (χ2n) is 4.97. The molecule has 0 N–H and O–H groups in total. The molecule has 1 aliphatic heterocycles. The van der Waals surface area contributed by atoms with Crippen molar-refractivity contribution in [3.8, 4) is 0 Å². The molecular formula is C13H12N2O2. The topological polar surface area (TPSA) is 44.0 Å². The van der Waals surface area contributed by atoms with Gasteiger partial charge in [0.15, 0.2) is 0 Å². The van der Waals surface area contributed by atoms with Gasteiger partial charge in [0.2, 0.25) is 0 Å². The average molecular weight is 228 g/mol. The van der Waals surface area contributed by atoms with E-state index in [1.54, 1.807) is 21.5 Å². The van der Waals surface area contributed by atoms with Crippen molar-refractivity contribution in [2.75, 3.05) is 0 Å². The monoisotopic (exact) mass is 228 g/mol. The van der Waals surface area contributed by atoms with E-state index in [9.17, 15) is 9.59 Å². The molecule has 1 saturated carbocycles. The number of fused-ring (bicyclic) bond motifs is 6. The standard InChI is InChI=1S/C13H12N2O2/c16-12-10-3-1-2-4-11(10)13(17)15-9-6-5-8(7-9)14(12)15/h1-4,8-9H,5-7H2/t8-,9+. The predicted molar refractivity (Wildman–Crippen MR) is 64.4 cm³/mol. The minimum atomic E-state index is -0.00704. The van der Waals surface area contributed by atoms with Gasteiger partial charge in [-0.2, -0.15) is 0 Å². The summed E-state index contributed by atoms with van der Waals surface area (Å²) in [7, 11) is 0. The van der Waals surface area contributed by atoms with Crippen LogP contribution in [0.1, 0.15) is 31.3 Å². The Balaban J connectivity index is 2.27. The summed E-state index contributed by atoms with van der Waals surface area (Å²) in [6, 6.07) is 7.61. The smallest absolute Gasteiger partial charge is 0.267 e. The molecular weight excluding hydrogens is 216 g/mol. The van der Waals surface area contributed by atoms with Gasteiger partial charge < -0.3 is 0 Å². The number of rotatable bonds is 0. The molecule has 4 rings (SSSR count). The van der Waals surface area contributed by atoms with Gasteiger partial charge in [-0.15, -0.1) is 0 Å². The van der Waals surface area contributed by atoms with Gasteiger partial charge >= 0.3 is 0 Å². The zero-order valence-electron chi connectivity index (χ0n) is 9.30. The van der Waals surface area contributed by atoms with Crippen LogP contribution in [-0.2, 0) is 0 Å². The minimum absolute atomic E-state index is 0.00704. The molecule has 1 aromatic carbocycles. The molecule has 2 aliphatic rings. The Bertz CT molecular complexity index is 679. The third-order valence-electron chi connectivity index (χ3n) is 4.11. The molecule has 2 atom stereocenters. The Kier molecular flexibility index (Phi) is 1.56. The quantitative estimate of drug-likeness (QED) is 0.685. The van der Waals surface area contributed by atoms with Gasteiger partial charge in [0.05, 0.1) is 22.9 Å². The summed E-state index contributed by atoms with van der Waals surface area (Å²) in [5, 5.41) is 1.11. The maximum Gasteiger partial charge on any atom is 0.273 e. The van der Waals surface area contributed by atoms with Crippen LogP contribution in [0.15, 0.2) is 33.9 Å². The summed E-state index contributed by atoms with van der Waals surface area (Å²) in [5.74, 6) is 0. The van der Waals surface area contributed by atoms with E-state index in [2.05, 4.69) is 0 Å². The lowest BCUT2D eigenvalue weighted by Crippen LogP contribution is -2.38. The van der Waals surface area contributed by atoms with Crippen LogP contribution in [0.3, 0.4) is 0 Å². The Morgan fingerprint density at radius 1 is 0.882 bits per heavy atom. The molecule has 86 valence electrons. The highest BCUT2D eigenvalue weighted by Gasteiger charge is 2.38. The first-order valence-corrected chi connectivity index (χ1v) is 6.03. The first kappa shape index (κ1) is 9.22. The predicted octanol–water partition coefficient (Wildman–Crippen LogP) is 1.44. The van der Waals surface area contributed by atoms with Gasteiger partial charge in [0, 0.05) is 0 Å². The van der Waals surface area contributed by atoms with Gasteiger partial charge in [-0.1, -0.05) is 12.1 Å². The molecule has 1 aromatic heterocycles. The number of benzene rings is 1. The highest BCUT2D eigenvalue weighted by Crippen LogP contribution is 2.42. The average Bonchev–Trinajstić information content (AvgIpc) is 2.96. The third kappa shape index (κ3) is 0.983. The van der Waals surface area contributed by atoms with E-state index in [1.807, 2.05) is 12.1 Å². The molecule has 2 aromatic rings. The zero-order valence-corrected chi connectivity index (χ0v) is 9.30. The van der Waals surface area contributed by atoms with Crippen LogP contribution >= 0.6 is 0 Å². The second-order valence-corrected chi connectivity index (χ2v) is 4.97. The maximum atomic E-state index is 12.4. The second kappa shape index (κ2) is 2.88. The van der Waals surface area contributed by atoms with Crippen molar-refractivity contribution < 1.29 is 0 Å². The van der Waals surface area contributed by atoms with Crippen molar-refractivity contribution >= 4 is 10.8 Å². The van der Waals surface area contributed by atoms with Crippen LogP contribution in [0.25, 0.3) is 10.8 Å². The zero-order chi connectivity index (χ0) is 11.6. The first-order chi connectivity index (χ1) is 8.27. The minimum Gasteiger partial charge on any atom is -0.267 e. The van der Waals surface area contributed by atoms with E-state index < -0.39 is 0 Å². The lowest BCUT2D eigenvalue weighted by molar-refractivity contribution is 0.362. The van der Waals surface area contributed by atoms with Gasteiger partial charge in [-0.3, -0.25) is 9.59 Å². The van der Waals surface area contributed by atoms with Gasteiger partial charge in [-0.05, 0) is 31.4 Å². The molecule has 0 saturated heterocycles. The fraction of sp³-hybridized carbons (Fsp3) is 0.385. The van der Waals surface area contributed by atoms with Crippen molar-refractivity contribution in [2.45, 2.75) is 31.3 Å². The van der Waals surface area contributed by atoms with Crippen LogP contribution in [-0.4, -0.2) is 9.36 Å². The molecule has 1 aliphatic carbocycles. The van der Waals surface area contributed by atoms with Crippen molar-refractivity contribution in [1.82, 2.24) is 9.36 Å². The molecule has 2 bridgehead atoms. The largest absolute Gasteiger partial charge is 0.273 e. The van der Waals surface area contributed by atoms with E-state index >= 15 is 0 Å². The van der Waals surface area contributed by atoms with Crippen molar-refractivity contribution in [3.63, 3.8) is 0 Å². The summed E-state index contributed by atoms with van der Waals surface area (Å²) >= 11 is 0. The maximum absolute atomic E-state index is 12.4. The SMILES string of the molecule is O=c1c2ccccc2c(=O)n2n1[C@@H]1CC[C@H]2C1. The lowest BCUT2D eigenvalue weighted by Gasteiger charge is -2.20. The molecule has 4 heteroatoms. The lowest BCUT2D eigenvalue weighted by atomic mass is 10.2.